The summed E-state index contributed by atoms with van der Waals surface area (Å²) in [7, 11) is 0. The summed E-state index contributed by atoms with van der Waals surface area (Å²) in [6.45, 7) is 0. The second-order valence-corrected chi connectivity index (χ2v) is 15.1. The van der Waals surface area contributed by atoms with Crippen LogP contribution in [0.1, 0.15) is 0 Å². The smallest absolute Gasteiger partial charge is 0.160 e. The molecule has 10 aromatic carbocycles. The number of thiophene rings is 1. The zero-order chi connectivity index (χ0) is 34.6. The number of nitrogens with zero attached hydrogens (tertiary/aromatic N) is 2. The lowest BCUT2D eigenvalue weighted by Crippen LogP contribution is -1.96. The molecule has 0 spiro atoms. The molecule has 0 unspecified atom stereocenters. The summed E-state index contributed by atoms with van der Waals surface area (Å²) in [5, 5.41) is 19.0. The third-order valence-corrected chi connectivity index (χ3v) is 12.4. The Labute approximate surface area is 308 Å². The van der Waals surface area contributed by atoms with Crippen molar-refractivity contribution in [2.45, 2.75) is 0 Å². The van der Waals surface area contributed by atoms with E-state index in [-0.39, 0.29) is 0 Å². The third kappa shape index (κ3) is 4.08. The van der Waals surface area contributed by atoms with Gasteiger partial charge < -0.3 is 0 Å². The van der Waals surface area contributed by atoms with Gasteiger partial charge >= 0.3 is 0 Å². The zero-order valence-electron chi connectivity index (χ0n) is 28.5. The van der Waals surface area contributed by atoms with Crippen LogP contribution in [0.2, 0.25) is 0 Å². The molecule has 12 rings (SSSR count). The van der Waals surface area contributed by atoms with Gasteiger partial charge in [0.25, 0.3) is 0 Å². The van der Waals surface area contributed by atoms with Gasteiger partial charge in [-0.3, -0.25) is 0 Å². The lowest BCUT2D eigenvalue weighted by atomic mass is 9.89. The van der Waals surface area contributed by atoms with Crippen LogP contribution in [-0.2, 0) is 0 Å². The summed E-state index contributed by atoms with van der Waals surface area (Å²) in [6.07, 6.45) is 0. The molecule has 12 aromatic rings. The number of hydrogen-bond donors (Lipinski definition) is 0. The summed E-state index contributed by atoms with van der Waals surface area (Å²) < 4.78 is 2.68. The van der Waals surface area contributed by atoms with Crippen molar-refractivity contribution in [3.63, 3.8) is 0 Å². The van der Waals surface area contributed by atoms with E-state index < -0.39 is 0 Å². The Morgan fingerprint density at radius 2 is 0.925 bits per heavy atom. The SMILES string of the molecule is c1ccc(-c2nc(-c3ccc4c(c3)c3ccccc3c3c4ccc4sc5c6ccccc6c6ccccc6c5c43)nc3ccc4ccccc4c23)cc1. The van der Waals surface area contributed by atoms with Crippen LogP contribution >= 0.6 is 11.3 Å². The molecule has 0 atom stereocenters. The van der Waals surface area contributed by atoms with Crippen molar-refractivity contribution in [2.24, 2.45) is 0 Å². The van der Waals surface area contributed by atoms with E-state index in [4.69, 9.17) is 9.97 Å². The molecule has 244 valence electrons. The fraction of sp³-hybridized carbons (Fsp3) is 0. The highest BCUT2D eigenvalue weighted by atomic mass is 32.1. The van der Waals surface area contributed by atoms with E-state index in [2.05, 4.69) is 170 Å². The Hall–Kier alpha value is -6.68. The summed E-state index contributed by atoms with van der Waals surface area (Å²) in [6, 6.07) is 61.6. The molecule has 0 aliphatic carbocycles. The summed E-state index contributed by atoms with van der Waals surface area (Å²) in [5.41, 5.74) is 4.00. The molecule has 2 aromatic heterocycles. The third-order valence-electron chi connectivity index (χ3n) is 11.2. The molecule has 0 aliphatic heterocycles. The van der Waals surface area contributed by atoms with Gasteiger partial charge in [-0.2, -0.15) is 0 Å². The Morgan fingerprint density at radius 3 is 1.72 bits per heavy atom. The standard InChI is InChI=1S/C50H28N2S/c1-2-13-30(14-3-1)48-45-32-15-5-4-12-29(32)23-26-42(45)51-50(52-48)31-22-24-36-39-25-27-43-47(44(39)37-19-9-7-18-35(37)41(36)28-31)46-38-20-10-6-16-33(38)34-17-8-11-21-40(34)49(46)53-43/h1-28H. The maximum Gasteiger partial charge on any atom is 0.160 e. The van der Waals surface area contributed by atoms with Gasteiger partial charge in [-0.05, 0) is 77.4 Å². The fourth-order valence-electron chi connectivity index (χ4n) is 8.91. The lowest BCUT2D eigenvalue weighted by molar-refractivity contribution is 1.23. The normalized spacial score (nSPS) is 12.2. The highest BCUT2D eigenvalue weighted by Gasteiger charge is 2.20. The first-order valence-corrected chi connectivity index (χ1v) is 18.9. The van der Waals surface area contributed by atoms with Crippen LogP contribution in [0.25, 0.3) is 118 Å². The number of fused-ring (bicyclic) bond motifs is 18. The van der Waals surface area contributed by atoms with Gasteiger partial charge in [0.05, 0.1) is 11.2 Å². The van der Waals surface area contributed by atoms with Crippen LogP contribution in [0.3, 0.4) is 0 Å². The minimum Gasteiger partial charge on any atom is -0.228 e. The zero-order valence-corrected chi connectivity index (χ0v) is 29.3. The van der Waals surface area contributed by atoms with Gasteiger partial charge in [-0.15, -0.1) is 11.3 Å². The van der Waals surface area contributed by atoms with E-state index in [1.165, 1.54) is 84.8 Å². The van der Waals surface area contributed by atoms with Crippen LogP contribution in [0.5, 0.6) is 0 Å². The minimum absolute atomic E-state index is 0.732. The number of rotatable bonds is 2. The Morgan fingerprint density at radius 1 is 0.340 bits per heavy atom. The van der Waals surface area contributed by atoms with Gasteiger partial charge in [0.1, 0.15) is 0 Å². The molecule has 0 radical (unpaired) electrons. The second-order valence-electron chi connectivity index (χ2n) is 14.0. The molecular weight excluding hydrogens is 661 g/mol. The highest BCUT2D eigenvalue weighted by molar-refractivity contribution is 7.27. The van der Waals surface area contributed by atoms with E-state index in [9.17, 15) is 0 Å². The predicted octanol–water partition coefficient (Wildman–Crippen LogP) is 14.3. The lowest BCUT2D eigenvalue weighted by Gasteiger charge is -2.15. The predicted molar refractivity (Wildman–Crippen MR) is 228 cm³/mol. The van der Waals surface area contributed by atoms with Crippen molar-refractivity contribution in [1.29, 1.82) is 0 Å². The van der Waals surface area contributed by atoms with Crippen LogP contribution in [0.15, 0.2) is 170 Å². The average molecular weight is 689 g/mol. The minimum atomic E-state index is 0.732. The molecule has 0 N–H and O–H groups in total. The fourth-order valence-corrected chi connectivity index (χ4v) is 10.2. The monoisotopic (exact) mass is 688 g/mol. The topological polar surface area (TPSA) is 25.8 Å². The second kappa shape index (κ2) is 10.9. The largest absolute Gasteiger partial charge is 0.228 e. The van der Waals surface area contributed by atoms with Crippen molar-refractivity contribution in [3.05, 3.63) is 170 Å². The van der Waals surface area contributed by atoms with E-state index in [1.54, 1.807) is 0 Å². The van der Waals surface area contributed by atoms with E-state index in [0.717, 1.165) is 33.5 Å². The summed E-state index contributed by atoms with van der Waals surface area (Å²) in [4.78, 5) is 10.6. The summed E-state index contributed by atoms with van der Waals surface area (Å²) >= 11 is 1.92. The van der Waals surface area contributed by atoms with Crippen molar-refractivity contribution in [3.8, 4) is 22.6 Å². The molecule has 2 heterocycles. The van der Waals surface area contributed by atoms with Crippen molar-refractivity contribution in [2.75, 3.05) is 0 Å². The molecule has 0 bridgehead atoms. The highest BCUT2D eigenvalue weighted by Crippen LogP contribution is 2.49. The number of hydrogen-bond acceptors (Lipinski definition) is 3. The van der Waals surface area contributed by atoms with E-state index >= 15 is 0 Å². The summed E-state index contributed by atoms with van der Waals surface area (Å²) in [5.74, 6) is 0.732. The van der Waals surface area contributed by atoms with Crippen molar-refractivity contribution < 1.29 is 0 Å². The first kappa shape index (κ1) is 29.0. The van der Waals surface area contributed by atoms with Gasteiger partial charge in [0, 0.05) is 42.1 Å². The van der Waals surface area contributed by atoms with Gasteiger partial charge in [-0.1, -0.05) is 152 Å². The molecule has 3 heteroatoms. The Balaban J connectivity index is 1.18. The molecule has 0 saturated carbocycles. The molecular formula is C50H28N2S. The quantitative estimate of drug-likeness (QED) is 0.169. The molecule has 0 amide bonds. The Bertz CT molecular complexity index is 3490. The van der Waals surface area contributed by atoms with Crippen molar-refractivity contribution >= 4 is 107 Å². The van der Waals surface area contributed by atoms with Gasteiger partial charge in [0.15, 0.2) is 5.82 Å². The van der Waals surface area contributed by atoms with Gasteiger partial charge in [0.2, 0.25) is 0 Å². The number of aromatic nitrogens is 2. The van der Waals surface area contributed by atoms with Gasteiger partial charge in [-0.25, -0.2) is 9.97 Å². The molecule has 53 heavy (non-hydrogen) atoms. The van der Waals surface area contributed by atoms with E-state index in [0.29, 0.717) is 0 Å². The van der Waals surface area contributed by atoms with E-state index in [1.807, 2.05) is 11.3 Å². The first-order chi connectivity index (χ1) is 26.3. The van der Waals surface area contributed by atoms with Crippen LogP contribution in [0, 0.1) is 0 Å². The number of benzene rings is 10. The first-order valence-electron chi connectivity index (χ1n) is 18.1. The Kier molecular flexibility index (Phi) is 5.96. The maximum atomic E-state index is 5.35. The average Bonchev–Trinajstić information content (AvgIpc) is 3.64. The maximum absolute atomic E-state index is 5.35. The van der Waals surface area contributed by atoms with Crippen LogP contribution in [0.4, 0.5) is 0 Å². The van der Waals surface area contributed by atoms with Crippen LogP contribution < -0.4 is 0 Å². The van der Waals surface area contributed by atoms with Crippen molar-refractivity contribution in [1.82, 2.24) is 9.97 Å². The molecule has 0 aliphatic rings. The molecule has 0 fully saturated rings. The van der Waals surface area contributed by atoms with Crippen LogP contribution in [-0.4, -0.2) is 9.97 Å². The molecule has 2 nitrogen and oxygen atoms in total. The molecule has 0 saturated heterocycles.